The first kappa shape index (κ1) is 21.7. The van der Waals surface area contributed by atoms with Crippen LogP contribution in [0.25, 0.3) is 11.0 Å². The molecule has 2 aromatic carbocycles. The summed E-state index contributed by atoms with van der Waals surface area (Å²) in [6.45, 7) is 1.23. The maximum atomic E-state index is 12.3. The molecule has 0 atom stereocenters. The number of hydrogen-bond acceptors (Lipinski definition) is 5. The molecule has 0 saturated carbocycles. The molecule has 7 nitrogen and oxygen atoms in total. The standard InChI is InChI=1S/C21H18Cl2N2O5/c1-12-7-21(28)30-17-9-18(15(23)8-13(12)17)29-11-20(27)25(2)10-19(26)24-16-6-4-3-5-14(16)22/h3-9H,10-11H2,1-2H3,(H,24,26). The Morgan fingerprint density at radius 1 is 1.13 bits per heavy atom. The van der Waals surface area contributed by atoms with Crippen molar-refractivity contribution in [2.24, 2.45) is 0 Å². The topological polar surface area (TPSA) is 88.8 Å². The molecule has 1 heterocycles. The second-order valence-corrected chi connectivity index (χ2v) is 7.41. The van der Waals surface area contributed by atoms with Crippen molar-refractivity contribution in [3.63, 3.8) is 0 Å². The maximum absolute atomic E-state index is 12.3. The summed E-state index contributed by atoms with van der Waals surface area (Å²) in [5.74, 6) is -0.647. The van der Waals surface area contributed by atoms with Gasteiger partial charge in [-0.2, -0.15) is 0 Å². The third-order valence-corrected chi connectivity index (χ3v) is 4.93. The number of nitrogens with zero attached hydrogens (tertiary/aromatic N) is 1. The fourth-order valence-electron chi connectivity index (χ4n) is 2.74. The van der Waals surface area contributed by atoms with Crippen LogP contribution in [0.3, 0.4) is 0 Å². The molecule has 0 saturated heterocycles. The van der Waals surface area contributed by atoms with E-state index in [1.54, 1.807) is 37.3 Å². The van der Waals surface area contributed by atoms with Gasteiger partial charge >= 0.3 is 5.63 Å². The van der Waals surface area contributed by atoms with Crippen molar-refractivity contribution < 1.29 is 18.7 Å². The molecule has 1 N–H and O–H groups in total. The molecular formula is C21H18Cl2N2O5. The molecule has 3 rings (SSSR count). The number of benzene rings is 2. The minimum atomic E-state index is -0.492. The summed E-state index contributed by atoms with van der Waals surface area (Å²) >= 11 is 12.2. The Balaban J connectivity index is 1.62. The van der Waals surface area contributed by atoms with Gasteiger partial charge < -0.3 is 19.4 Å². The van der Waals surface area contributed by atoms with E-state index < -0.39 is 17.4 Å². The molecule has 2 amide bonds. The fourth-order valence-corrected chi connectivity index (χ4v) is 3.14. The zero-order valence-electron chi connectivity index (χ0n) is 16.2. The van der Waals surface area contributed by atoms with Gasteiger partial charge in [0.2, 0.25) is 5.91 Å². The number of hydrogen-bond donors (Lipinski definition) is 1. The summed E-state index contributed by atoms with van der Waals surface area (Å²) in [4.78, 5) is 37.3. The predicted octanol–water partition coefficient (Wildman–Crippen LogP) is 3.88. The summed E-state index contributed by atoms with van der Waals surface area (Å²) in [6, 6.07) is 11.2. The number of fused-ring (bicyclic) bond motifs is 1. The first-order valence-corrected chi connectivity index (χ1v) is 9.65. The molecule has 3 aromatic rings. The highest BCUT2D eigenvalue weighted by atomic mass is 35.5. The predicted molar refractivity (Wildman–Crippen MR) is 115 cm³/mol. The zero-order chi connectivity index (χ0) is 21.8. The van der Waals surface area contributed by atoms with Gasteiger partial charge in [0.1, 0.15) is 11.3 Å². The van der Waals surface area contributed by atoms with Crippen molar-refractivity contribution in [2.45, 2.75) is 6.92 Å². The third kappa shape index (κ3) is 5.11. The molecule has 0 aliphatic carbocycles. The van der Waals surface area contributed by atoms with Gasteiger partial charge in [0.05, 0.1) is 22.3 Å². The van der Waals surface area contributed by atoms with E-state index in [9.17, 15) is 14.4 Å². The molecular weight excluding hydrogens is 431 g/mol. The first-order valence-electron chi connectivity index (χ1n) is 8.89. The van der Waals surface area contributed by atoms with Crippen LogP contribution in [0.1, 0.15) is 5.56 Å². The molecule has 156 valence electrons. The lowest BCUT2D eigenvalue weighted by molar-refractivity contribution is -0.135. The molecule has 0 fully saturated rings. The van der Waals surface area contributed by atoms with E-state index in [4.69, 9.17) is 32.4 Å². The van der Waals surface area contributed by atoms with E-state index in [2.05, 4.69) is 5.32 Å². The molecule has 1 aromatic heterocycles. The van der Waals surface area contributed by atoms with Crippen molar-refractivity contribution in [3.05, 3.63) is 68.5 Å². The highest BCUT2D eigenvalue weighted by molar-refractivity contribution is 6.33. The van der Waals surface area contributed by atoms with Crippen LogP contribution < -0.4 is 15.7 Å². The van der Waals surface area contributed by atoms with Gasteiger partial charge in [-0.25, -0.2) is 4.79 Å². The lowest BCUT2D eigenvalue weighted by Crippen LogP contribution is -2.37. The Kier molecular flexibility index (Phi) is 6.64. The number of ether oxygens (including phenoxy) is 1. The van der Waals surface area contributed by atoms with Crippen LogP contribution in [-0.2, 0) is 9.59 Å². The van der Waals surface area contributed by atoms with E-state index in [1.807, 2.05) is 0 Å². The summed E-state index contributed by atoms with van der Waals surface area (Å²) in [6.07, 6.45) is 0. The van der Waals surface area contributed by atoms with E-state index in [0.717, 1.165) is 5.56 Å². The normalized spacial score (nSPS) is 10.7. The maximum Gasteiger partial charge on any atom is 0.336 e. The average Bonchev–Trinajstić information content (AvgIpc) is 2.68. The van der Waals surface area contributed by atoms with Crippen LogP contribution in [0.5, 0.6) is 5.75 Å². The number of para-hydroxylation sites is 1. The summed E-state index contributed by atoms with van der Waals surface area (Å²) in [5.41, 5.74) is 0.990. The Labute approximate surface area is 182 Å². The second kappa shape index (κ2) is 9.19. The first-order chi connectivity index (χ1) is 14.2. The number of aryl methyl sites for hydroxylation is 1. The fraction of sp³-hybridized carbons (Fsp3) is 0.190. The number of rotatable bonds is 6. The highest BCUT2D eigenvalue weighted by Gasteiger charge is 2.16. The van der Waals surface area contributed by atoms with Crippen molar-refractivity contribution in [1.82, 2.24) is 4.90 Å². The molecule has 0 bridgehead atoms. The van der Waals surface area contributed by atoms with Crippen molar-refractivity contribution in [1.29, 1.82) is 0 Å². The monoisotopic (exact) mass is 448 g/mol. The van der Waals surface area contributed by atoms with Gasteiger partial charge in [0.15, 0.2) is 6.61 Å². The van der Waals surface area contributed by atoms with Crippen LogP contribution >= 0.6 is 23.2 Å². The molecule has 0 aliphatic heterocycles. The number of nitrogens with one attached hydrogen (secondary N) is 1. The summed E-state index contributed by atoms with van der Waals surface area (Å²) < 4.78 is 10.6. The van der Waals surface area contributed by atoms with Gasteiger partial charge in [-0.3, -0.25) is 9.59 Å². The van der Waals surface area contributed by atoms with Gasteiger partial charge in [0.25, 0.3) is 5.91 Å². The smallest absolute Gasteiger partial charge is 0.336 e. The largest absolute Gasteiger partial charge is 0.482 e. The van der Waals surface area contributed by atoms with Crippen LogP contribution in [0.15, 0.2) is 51.7 Å². The van der Waals surface area contributed by atoms with Crippen LogP contribution in [-0.4, -0.2) is 36.9 Å². The summed E-state index contributed by atoms with van der Waals surface area (Å²) in [5, 5.41) is 3.98. The zero-order valence-corrected chi connectivity index (χ0v) is 17.7. The van der Waals surface area contributed by atoms with Crippen molar-refractivity contribution in [2.75, 3.05) is 25.5 Å². The molecule has 0 aliphatic rings. The van der Waals surface area contributed by atoms with Gasteiger partial charge in [0, 0.05) is 24.6 Å². The Hall–Kier alpha value is -3.03. The number of amides is 2. The minimum Gasteiger partial charge on any atom is -0.482 e. The second-order valence-electron chi connectivity index (χ2n) is 6.59. The number of halogens is 2. The molecule has 0 spiro atoms. The Morgan fingerprint density at radius 3 is 2.60 bits per heavy atom. The molecule has 30 heavy (non-hydrogen) atoms. The molecule has 0 radical (unpaired) electrons. The van der Waals surface area contributed by atoms with Gasteiger partial charge in [-0.1, -0.05) is 35.3 Å². The van der Waals surface area contributed by atoms with Gasteiger partial charge in [-0.15, -0.1) is 0 Å². The number of likely N-dealkylation sites (N-methyl/N-ethyl adjacent to an activating group) is 1. The number of carbonyl (C=O) groups is 2. The molecule has 9 heteroatoms. The lowest BCUT2D eigenvalue weighted by Gasteiger charge is -2.18. The van der Waals surface area contributed by atoms with Crippen LogP contribution in [0.4, 0.5) is 5.69 Å². The highest BCUT2D eigenvalue weighted by Crippen LogP contribution is 2.31. The minimum absolute atomic E-state index is 0.188. The number of anilines is 1. The number of carbonyl (C=O) groups excluding carboxylic acids is 2. The van der Waals surface area contributed by atoms with Crippen molar-refractivity contribution in [3.8, 4) is 5.75 Å². The molecule has 0 unspecified atom stereocenters. The van der Waals surface area contributed by atoms with Gasteiger partial charge in [-0.05, 0) is 30.7 Å². The SMILES string of the molecule is Cc1cc(=O)oc2cc(OCC(=O)N(C)CC(=O)Nc3ccccc3Cl)c(Cl)cc12. The summed E-state index contributed by atoms with van der Waals surface area (Å²) in [7, 11) is 1.47. The average molecular weight is 449 g/mol. The van der Waals surface area contributed by atoms with E-state index in [0.29, 0.717) is 21.7 Å². The van der Waals surface area contributed by atoms with Crippen molar-refractivity contribution >= 4 is 51.7 Å². The van der Waals surface area contributed by atoms with Crippen LogP contribution in [0.2, 0.25) is 10.0 Å². The third-order valence-electron chi connectivity index (χ3n) is 4.31. The Morgan fingerprint density at radius 2 is 1.87 bits per heavy atom. The Bertz CT molecular complexity index is 1180. The van der Waals surface area contributed by atoms with E-state index in [-0.39, 0.29) is 23.9 Å². The van der Waals surface area contributed by atoms with E-state index >= 15 is 0 Å². The quantitative estimate of drug-likeness (QED) is 0.577. The van der Waals surface area contributed by atoms with E-state index in [1.165, 1.54) is 24.1 Å². The van der Waals surface area contributed by atoms with Crippen LogP contribution in [0, 0.1) is 6.92 Å². The lowest BCUT2D eigenvalue weighted by atomic mass is 10.1.